The first-order valence-corrected chi connectivity index (χ1v) is 10.6. The number of aliphatic imine (C=N–C) groups is 1. The van der Waals surface area contributed by atoms with Crippen LogP contribution in [-0.2, 0) is 4.74 Å². The lowest BCUT2D eigenvalue weighted by atomic mass is 10.3. The Morgan fingerprint density at radius 2 is 1.69 bits per heavy atom. The second-order valence-electron chi connectivity index (χ2n) is 6.98. The van der Waals surface area contributed by atoms with Crippen LogP contribution in [0.5, 0.6) is 0 Å². The van der Waals surface area contributed by atoms with Crippen LogP contribution in [0, 0.1) is 0 Å². The summed E-state index contributed by atoms with van der Waals surface area (Å²) in [4.78, 5) is 17.7. The first kappa shape index (κ1) is 25.8. The monoisotopic (exact) mass is 519 g/mol. The summed E-state index contributed by atoms with van der Waals surface area (Å²) in [6.45, 7) is 10.9. The fourth-order valence-corrected chi connectivity index (χ4v) is 3.09. The number of nitrogens with one attached hydrogen (secondary N) is 2. The summed E-state index contributed by atoms with van der Waals surface area (Å²) in [5.74, 6) is 1.72. The van der Waals surface area contributed by atoms with Crippen LogP contribution in [0.4, 0.5) is 5.95 Å². The van der Waals surface area contributed by atoms with Crippen molar-refractivity contribution in [3.05, 3.63) is 18.5 Å². The van der Waals surface area contributed by atoms with Gasteiger partial charge in [0.25, 0.3) is 0 Å². The van der Waals surface area contributed by atoms with Crippen molar-refractivity contribution in [2.45, 2.75) is 32.6 Å². The van der Waals surface area contributed by atoms with Gasteiger partial charge in [0.05, 0.1) is 0 Å². The third-order valence-electron chi connectivity index (χ3n) is 4.77. The van der Waals surface area contributed by atoms with Crippen molar-refractivity contribution in [2.24, 2.45) is 4.99 Å². The number of ether oxygens (including phenoxy) is 1. The Labute approximate surface area is 192 Å². The van der Waals surface area contributed by atoms with Gasteiger partial charge >= 0.3 is 0 Å². The molecule has 8 nitrogen and oxygen atoms in total. The highest BCUT2D eigenvalue weighted by Gasteiger charge is 2.18. The van der Waals surface area contributed by atoms with Crippen molar-refractivity contribution in [3.63, 3.8) is 0 Å². The van der Waals surface area contributed by atoms with E-state index in [1.54, 1.807) is 12.4 Å². The van der Waals surface area contributed by atoms with Gasteiger partial charge in [0.15, 0.2) is 5.96 Å². The molecular weight excluding hydrogens is 481 g/mol. The van der Waals surface area contributed by atoms with Crippen molar-refractivity contribution in [1.82, 2.24) is 25.5 Å². The van der Waals surface area contributed by atoms with Crippen molar-refractivity contribution in [3.8, 4) is 0 Å². The lowest BCUT2D eigenvalue weighted by Crippen LogP contribution is -2.47. The summed E-state index contributed by atoms with van der Waals surface area (Å²) < 4.78 is 5.57. The summed E-state index contributed by atoms with van der Waals surface area (Å²) in [5.41, 5.74) is 0. The minimum atomic E-state index is 0. The van der Waals surface area contributed by atoms with Gasteiger partial charge in [0, 0.05) is 71.9 Å². The van der Waals surface area contributed by atoms with E-state index < -0.39 is 0 Å². The van der Waals surface area contributed by atoms with E-state index in [2.05, 4.69) is 42.3 Å². The highest BCUT2D eigenvalue weighted by Crippen LogP contribution is 2.09. The van der Waals surface area contributed by atoms with Crippen LogP contribution in [-0.4, -0.2) is 86.9 Å². The molecule has 2 rings (SSSR count). The Morgan fingerprint density at radius 3 is 2.34 bits per heavy atom. The second-order valence-corrected chi connectivity index (χ2v) is 6.98. The molecule has 0 spiro atoms. The molecule has 2 N–H and O–H groups in total. The number of guanidine groups is 1. The molecular formula is C20H38IN7O. The van der Waals surface area contributed by atoms with Gasteiger partial charge in [-0.1, -0.05) is 13.3 Å². The highest BCUT2D eigenvalue weighted by atomic mass is 127. The van der Waals surface area contributed by atoms with E-state index >= 15 is 0 Å². The van der Waals surface area contributed by atoms with Crippen LogP contribution in [0.1, 0.15) is 32.6 Å². The summed E-state index contributed by atoms with van der Waals surface area (Å²) in [6.07, 6.45) is 8.04. The van der Waals surface area contributed by atoms with Gasteiger partial charge in [-0.05, 0) is 31.9 Å². The van der Waals surface area contributed by atoms with Crippen LogP contribution >= 0.6 is 24.0 Å². The quantitative estimate of drug-likeness (QED) is 0.189. The molecule has 1 aromatic rings. The molecule has 1 aliphatic rings. The lowest BCUT2D eigenvalue weighted by molar-refractivity contribution is 0.129. The molecule has 1 saturated heterocycles. The van der Waals surface area contributed by atoms with E-state index in [9.17, 15) is 0 Å². The molecule has 1 fully saturated rings. The maximum atomic E-state index is 5.57. The molecule has 1 aromatic heterocycles. The standard InChI is InChI=1S/C20H37N7O.HI/c1-3-4-17-28-18-7-11-23-19(21-2)22-10-6-12-26-13-15-27(16-14-26)20-24-8-5-9-25-20;/h5,8-9H,3-4,6-7,10-18H2,1-2H3,(H2,21,22,23);1H. The third-order valence-corrected chi connectivity index (χ3v) is 4.77. The molecule has 166 valence electrons. The van der Waals surface area contributed by atoms with Gasteiger partial charge in [-0.2, -0.15) is 0 Å². The van der Waals surface area contributed by atoms with Crippen LogP contribution in [0.25, 0.3) is 0 Å². The molecule has 0 amide bonds. The van der Waals surface area contributed by atoms with Crippen molar-refractivity contribution in [1.29, 1.82) is 0 Å². The molecule has 0 bridgehead atoms. The summed E-state index contributed by atoms with van der Waals surface area (Å²) in [6, 6.07) is 1.86. The van der Waals surface area contributed by atoms with Gasteiger partial charge in [-0.25, -0.2) is 9.97 Å². The predicted molar refractivity (Wildman–Crippen MR) is 130 cm³/mol. The summed E-state index contributed by atoms with van der Waals surface area (Å²) in [7, 11) is 1.82. The zero-order chi connectivity index (χ0) is 19.9. The van der Waals surface area contributed by atoms with Crippen molar-refractivity contribution < 1.29 is 4.74 Å². The number of hydrogen-bond acceptors (Lipinski definition) is 6. The minimum Gasteiger partial charge on any atom is -0.381 e. The van der Waals surface area contributed by atoms with Gasteiger partial charge < -0.3 is 20.3 Å². The molecule has 2 heterocycles. The van der Waals surface area contributed by atoms with Crippen LogP contribution < -0.4 is 15.5 Å². The summed E-state index contributed by atoms with van der Waals surface area (Å²) in [5, 5.41) is 6.74. The SMILES string of the molecule is CCCCOCCCNC(=NC)NCCCN1CCN(c2ncccn2)CC1.I. The van der Waals surface area contributed by atoms with Gasteiger partial charge in [-0.15, -0.1) is 24.0 Å². The van der Waals surface area contributed by atoms with E-state index in [0.29, 0.717) is 0 Å². The van der Waals surface area contributed by atoms with Crippen LogP contribution in [0.3, 0.4) is 0 Å². The fourth-order valence-electron chi connectivity index (χ4n) is 3.09. The Hall–Kier alpha value is -1.20. The molecule has 0 radical (unpaired) electrons. The maximum Gasteiger partial charge on any atom is 0.225 e. The van der Waals surface area contributed by atoms with Gasteiger partial charge in [0.2, 0.25) is 5.95 Å². The van der Waals surface area contributed by atoms with E-state index in [1.165, 1.54) is 6.42 Å². The smallest absolute Gasteiger partial charge is 0.225 e. The Kier molecular flexibility index (Phi) is 14.8. The van der Waals surface area contributed by atoms with Crippen LogP contribution in [0.2, 0.25) is 0 Å². The first-order valence-electron chi connectivity index (χ1n) is 10.6. The molecule has 9 heteroatoms. The zero-order valence-electron chi connectivity index (χ0n) is 18.0. The van der Waals surface area contributed by atoms with Gasteiger partial charge in [-0.3, -0.25) is 9.89 Å². The number of nitrogens with zero attached hydrogens (tertiary/aromatic N) is 5. The number of aromatic nitrogens is 2. The average molecular weight is 519 g/mol. The second kappa shape index (κ2) is 16.6. The number of unbranched alkanes of at least 4 members (excludes halogenated alkanes) is 1. The highest BCUT2D eigenvalue weighted by molar-refractivity contribution is 14.0. The fraction of sp³-hybridized carbons (Fsp3) is 0.750. The molecule has 0 unspecified atom stereocenters. The number of hydrogen-bond donors (Lipinski definition) is 2. The number of halogens is 1. The zero-order valence-corrected chi connectivity index (χ0v) is 20.3. The maximum absolute atomic E-state index is 5.57. The van der Waals surface area contributed by atoms with E-state index in [0.717, 1.165) is 90.2 Å². The minimum absolute atomic E-state index is 0. The van der Waals surface area contributed by atoms with Crippen LogP contribution in [0.15, 0.2) is 23.5 Å². The normalized spacial score (nSPS) is 15.1. The van der Waals surface area contributed by atoms with Gasteiger partial charge in [0.1, 0.15) is 0 Å². The lowest BCUT2D eigenvalue weighted by Gasteiger charge is -2.34. The van der Waals surface area contributed by atoms with Crippen molar-refractivity contribution in [2.75, 3.05) is 71.0 Å². The Balaban J connectivity index is 0.00000420. The first-order chi connectivity index (χ1) is 13.8. The topological polar surface area (TPSA) is 77.9 Å². The molecule has 0 atom stereocenters. The Morgan fingerprint density at radius 1 is 1.03 bits per heavy atom. The predicted octanol–water partition coefficient (Wildman–Crippen LogP) is 1.98. The number of rotatable bonds is 12. The third kappa shape index (κ3) is 10.9. The van der Waals surface area contributed by atoms with Crippen molar-refractivity contribution >= 4 is 35.9 Å². The molecule has 0 aromatic carbocycles. The molecule has 29 heavy (non-hydrogen) atoms. The number of piperazine rings is 1. The average Bonchev–Trinajstić information content (AvgIpc) is 2.75. The Bertz CT molecular complexity index is 539. The molecule has 1 aliphatic heterocycles. The van der Waals surface area contributed by atoms with E-state index in [-0.39, 0.29) is 24.0 Å². The molecule has 0 saturated carbocycles. The van der Waals surface area contributed by atoms with E-state index in [1.807, 2.05) is 13.1 Å². The number of anilines is 1. The molecule has 0 aliphatic carbocycles. The summed E-state index contributed by atoms with van der Waals surface area (Å²) >= 11 is 0. The van der Waals surface area contributed by atoms with E-state index in [4.69, 9.17) is 4.74 Å². The largest absolute Gasteiger partial charge is 0.381 e.